The van der Waals surface area contributed by atoms with Crippen LogP contribution >= 0.6 is 12.2 Å². The quantitative estimate of drug-likeness (QED) is 0.585. The summed E-state index contributed by atoms with van der Waals surface area (Å²) in [6, 6.07) is 17.5. The minimum atomic E-state index is -0.234. The third kappa shape index (κ3) is 5.38. The molecule has 120 valence electrons. The zero-order valence-electron chi connectivity index (χ0n) is 13.5. The Kier molecular flexibility index (Phi) is 5.34. The van der Waals surface area contributed by atoms with E-state index < -0.39 is 0 Å². The molecule has 0 heterocycles. The highest BCUT2D eigenvalue weighted by Crippen LogP contribution is 2.19. The van der Waals surface area contributed by atoms with Crippen molar-refractivity contribution >= 4 is 23.2 Å². The Hall–Kier alpha value is -2.40. The molecular formula is C18H21N3OS. The van der Waals surface area contributed by atoms with Gasteiger partial charge in [0.25, 0.3) is 5.91 Å². The second-order valence-electron chi connectivity index (χ2n) is 6.23. The van der Waals surface area contributed by atoms with E-state index in [-0.39, 0.29) is 11.4 Å². The number of benzene rings is 2. The first-order chi connectivity index (χ1) is 10.8. The second kappa shape index (κ2) is 7.24. The maximum Gasteiger partial charge on any atom is 0.269 e. The highest BCUT2D eigenvalue weighted by molar-refractivity contribution is 7.80. The molecule has 0 spiro atoms. The lowest BCUT2D eigenvalue weighted by atomic mass is 10.0. The molecule has 2 aromatic rings. The predicted octanol–water partition coefficient (Wildman–Crippen LogP) is 3.26. The van der Waals surface area contributed by atoms with E-state index in [1.54, 1.807) is 12.1 Å². The second-order valence-corrected chi connectivity index (χ2v) is 6.63. The molecule has 0 bridgehead atoms. The van der Waals surface area contributed by atoms with Crippen LogP contribution in [0.3, 0.4) is 0 Å². The van der Waals surface area contributed by atoms with Crippen LogP contribution in [0.15, 0.2) is 54.6 Å². The molecule has 0 aliphatic rings. The van der Waals surface area contributed by atoms with Gasteiger partial charge < -0.3 is 5.32 Å². The molecule has 0 radical (unpaired) electrons. The van der Waals surface area contributed by atoms with Crippen LogP contribution in [0.4, 0.5) is 0 Å². The first-order valence-corrected chi connectivity index (χ1v) is 7.80. The van der Waals surface area contributed by atoms with Crippen LogP contribution in [0.1, 0.15) is 31.1 Å². The largest absolute Gasteiger partial charge is 0.357 e. The zero-order valence-corrected chi connectivity index (χ0v) is 14.3. The molecule has 0 aliphatic carbocycles. The maximum atomic E-state index is 12.1. The van der Waals surface area contributed by atoms with Gasteiger partial charge in [0.2, 0.25) is 0 Å². The lowest BCUT2D eigenvalue weighted by Crippen LogP contribution is -2.52. The van der Waals surface area contributed by atoms with Crippen LogP contribution < -0.4 is 16.2 Å². The minimum Gasteiger partial charge on any atom is -0.357 e. The number of hydrogen-bond acceptors (Lipinski definition) is 2. The average Bonchev–Trinajstić information content (AvgIpc) is 2.52. The van der Waals surface area contributed by atoms with E-state index in [2.05, 4.69) is 16.2 Å². The van der Waals surface area contributed by atoms with Gasteiger partial charge in [0.05, 0.1) is 0 Å². The van der Waals surface area contributed by atoms with Gasteiger partial charge in [-0.2, -0.15) is 0 Å². The van der Waals surface area contributed by atoms with Gasteiger partial charge in [-0.05, 0) is 56.2 Å². The van der Waals surface area contributed by atoms with Crippen molar-refractivity contribution in [2.45, 2.75) is 26.3 Å². The summed E-state index contributed by atoms with van der Waals surface area (Å²) >= 11 is 5.12. The third-order valence-electron chi connectivity index (χ3n) is 3.03. The van der Waals surface area contributed by atoms with Crippen molar-refractivity contribution in [1.29, 1.82) is 0 Å². The number of amides is 1. The summed E-state index contributed by atoms with van der Waals surface area (Å²) in [7, 11) is 0. The predicted molar refractivity (Wildman–Crippen MR) is 98.0 cm³/mol. The number of thiocarbonyl (C=S) groups is 1. The van der Waals surface area contributed by atoms with E-state index in [9.17, 15) is 4.79 Å². The molecule has 5 heteroatoms. The topological polar surface area (TPSA) is 53.2 Å². The first-order valence-electron chi connectivity index (χ1n) is 7.39. The van der Waals surface area contributed by atoms with Gasteiger partial charge in [0.1, 0.15) is 0 Å². The molecule has 0 aromatic heterocycles. The minimum absolute atomic E-state index is 0.161. The van der Waals surface area contributed by atoms with Crippen LogP contribution in [0.2, 0.25) is 0 Å². The van der Waals surface area contributed by atoms with Crippen molar-refractivity contribution in [3.8, 4) is 11.1 Å². The summed E-state index contributed by atoms with van der Waals surface area (Å²) in [6.45, 7) is 5.97. The molecule has 0 fully saturated rings. The standard InChI is InChI=1S/C18H21N3OS/c1-18(2,3)19-17(23)21-20-16(22)15-11-9-14(10-12-15)13-7-5-4-6-8-13/h4-12H,1-3H3,(H,20,22)(H2,19,21,23). The normalized spacial score (nSPS) is 10.7. The number of carbonyl (C=O) groups excluding carboxylic acids is 1. The highest BCUT2D eigenvalue weighted by Gasteiger charge is 2.12. The van der Waals surface area contributed by atoms with Crippen LogP contribution in [0.25, 0.3) is 11.1 Å². The molecule has 1 amide bonds. The lowest BCUT2D eigenvalue weighted by molar-refractivity contribution is 0.0943. The highest BCUT2D eigenvalue weighted by atomic mass is 32.1. The summed E-state index contributed by atoms with van der Waals surface area (Å²) in [5.74, 6) is -0.234. The van der Waals surface area contributed by atoms with Crippen LogP contribution in [0, 0.1) is 0 Å². The molecular weight excluding hydrogens is 306 g/mol. The van der Waals surface area contributed by atoms with Gasteiger partial charge in [0.15, 0.2) is 5.11 Å². The van der Waals surface area contributed by atoms with Gasteiger partial charge in [-0.3, -0.25) is 15.6 Å². The van der Waals surface area contributed by atoms with E-state index in [0.29, 0.717) is 10.7 Å². The van der Waals surface area contributed by atoms with Crippen LogP contribution in [-0.4, -0.2) is 16.6 Å². The molecule has 2 rings (SSSR count). The van der Waals surface area contributed by atoms with Crippen molar-refractivity contribution in [3.63, 3.8) is 0 Å². The summed E-state index contributed by atoms with van der Waals surface area (Å²) in [5, 5.41) is 3.44. The van der Waals surface area contributed by atoms with Crippen molar-refractivity contribution in [2.75, 3.05) is 0 Å². The van der Waals surface area contributed by atoms with Crippen molar-refractivity contribution in [2.24, 2.45) is 0 Å². The smallest absolute Gasteiger partial charge is 0.269 e. The Labute approximate surface area is 142 Å². The lowest BCUT2D eigenvalue weighted by Gasteiger charge is -2.23. The Bertz CT molecular complexity index is 676. The van der Waals surface area contributed by atoms with Gasteiger partial charge in [0, 0.05) is 11.1 Å². The van der Waals surface area contributed by atoms with E-state index in [1.807, 2.05) is 63.2 Å². The summed E-state index contributed by atoms with van der Waals surface area (Å²) in [6.07, 6.45) is 0. The van der Waals surface area contributed by atoms with E-state index in [4.69, 9.17) is 12.2 Å². The van der Waals surface area contributed by atoms with Crippen molar-refractivity contribution in [3.05, 3.63) is 60.2 Å². The third-order valence-corrected chi connectivity index (χ3v) is 3.24. The maximum absolute atomic E-state index is 12.1. The Morgan fingerprint density at radius 3 is 2.00 bits per heavy atom. The van der Waals surface area contributed by atoms with Gasteiger partial charge >= 0.3 is 0 Å². The zero-order chi connectivity index (χ0) is 16.9. The number of carbonyl (C=O) groups is 1. The van der Waals surface area contributed by atoms with Crippen LogP contribution in [0.5, 0.6) is 0 Å². The molecule has 4 nitrogen and oxygen atoms in total. The van der Waals surface area contributed by atoms with Gasteiger partial charge in [-0.25, -0.2) is 0 Å². The monoisotopic (exact) mass is 327 g/mol. The van der Waals surface area contributed by atoms with Crippen molar-refractivity contribution in [1.82, 2.24) is 16.2 Å². The summed E-state index contributed by atoms with van der Waals surface area (Å²) in [5.41, 5.74) is 7.89. The van der Waals surface area contributed by atoms with E-state index >= 15 is 0 Å². The van der Waals surface area contributed by atoms with E-state index in [0.717, 1.165) is 11.1 Å². The molecule has 0 saturated heterocycles. The van der Waals surface area contributed by atoms with Gasteiger partial charge in [-0.15, -0.1) is 0 Å². The number of nitrogens with one attached hydrogen (secondary N) is 3. The molecule has 0 unspecified atom stereocenters. The molecule has 3 N–H and O–H groups in total. The van der Waals surface area contributed by atoms with Crippen molar-refractivity contribution < 1.29 is 4.79 Å². The number of hydrazine groups is 1. The first kappa shape index (κ1) is 17.0. The SMILES string of the molecule is CC(C)(C)NC(=S)NNC(=O)c1ccc(-c2ccccc2)cc1. The molecule has 0 saturated carbocycles. The Morgan fingerprint density at radius 1 is 0.870 bits per heavy atom. The molecule has 2 aromatic carbocycles. The fourth-order valence-electron chi connectivity index (χ4n) is 2.00. The molecule has 0 aliphatic heterocycles. The Morgan fingerprint density at radius 2 is 1.43 bits per heavy atom. The number of rotatable bonds is 2. The number of hydrogen-bond donors (Lipinski definition) is 3. The summed E-state index contributed by atoms with van der Waals surface area (Å²) in [4.78, 5) is 12.1. The molecule has 0 atom stereocenters. The Balaban J connectivity index is 1.94. The molecule has 23 heavy (non-hydrogen) atoms. The van der Waals surface area contributed by atoms with Crippen LogP contribution in [-0.2, 0) is 0 Å². The fourth-order valence-corrected chi connectivity index (χ4v) is 2.36. The average molecular weight is 327 g/mol. The van der Waals surface area contributed by atoms with E-state index in [1.165, 1.54) is 0 Å². The summed E-state index contributed by atoms with van der Waals surface area (Å²) < 4.78 is 0. The van der Waals surface area contributed by atoms with Gasteiger partial charge in [-0.1, -0.05) is 42.5 Å². The fraction of sp³-hybridized carbons (Fsp3) is 0.222.